The predicted molar refractivity (Wildman–Crippen MR) is 101 cm³/mol. The van der Waals surface area contributed by atoms with Crippen molar-refractivity contribution < 1.29 is 27.5 Å². The number of para-hydroxylation sites is 1. The van der Waals surface area contributed by atoms with Crippen molar-refractivity contribution in [2.45, 2.75) is 10.7 Å². The maximum atomic E-state index is 12.6. The van der Waals surface area contributed by atoms with E-state index in [9.17, 15) is 13.6 Å². The molecule has 140 valence electrons. The van der Waals surface area contributed by atoms with E-state index in [2.05, 4.69) is 0 Å². The van der Waals surface area contributed by atoms with Crippen LogP contribution in [0.3, 0.4) is 0 Å². The molecule has 0 fully saturated rings. The highest BCUT2D eigenvalue weighted by molar-refractivity contribution is 7.99. The normalized spacial score (nSPS) is 11.4. The average Bonchev–Trinajstić information content (AvgIpc) is 3.09. The molecule has 7 heteroatoms. The second-order valence-corrected chi connectivity index (χ2v) is 6.50. The van der Waals surface area contributed by atoms with Crippen LogP contribution in [0.25, 0.3) is 17.0 Å². The number of carbonyl (C=O) groups excluding carboxylic acids is 1. The van der Waals surface area contributed by atoms with Gasteiger partial charge in [0.25, 0.3) is 5.76 Å². The lowest BCUT2D eigenvalue weighted by Crippen LogP contribution is -1.97. The Bertz CT molecular complexity index is 995. The molecule has 0 aliphatic rings. The lowest BCUT2D eigenvalue weighted by Gasteiger charge is -2.08. The van der Waals surface area contributed by atoms with Crippen LogP contribution in [0, 0.1) is 0 Å². The van der Waals surface area contributed by atoms with Gasteiger partial charge in [-0.05, 0) is 42.5 Å². The molecule has 0 amide bonds. The molecule has 0 saturated carbocycles. The number of halogens is 2. The molecule has 4 nitrogen and oxygen atoms in total. The Morgan fingerprint density at radius 1 is 1.11 bits per heavy atom. The van der Waals surface area contributed by atoms with Gasteiger partial charge in [-0.15, -0.1) is 0 Å². The minimum absolute atomic E-state index is 0.230. The Labute approximate surface area is 158 Å². The fourth-order valence-electron chi connectivity index (χ4n) is 2.57. The van der Waals surface area contributed by atoms with Crippen molar-refractivity contribution >= 4 is 34.6 Å². The molecule has 1 aromatic heterocycles. The van der Waals surface area contributed by atoms with Crippen LogP contribution in [0.5, 0.6) is 11.5 Å². The zero-order valence-corrected chi connectivity index (χ0v) is 15.4. The summed E-state index contributed by atoms with van der Waals surface area (Å²) in [4.78, 5) is 12.7. The van der Waals surface area contributed by atoms with Gasteiger partial charge in [-0.25, -0.2) is 0 Å². The molecule has 0 spiro atoms. The SMILES string of the molecule is COc1cc(C(=O)C=Cc2cc3cccc(OC)c3o2)ccc1SC(F)F. The van der Waals surface area contributed by atoms with Gasteiger partial charge in [-0.3, -0.25) is 4.79 Å². The molecule has 27 heavy (non-hydrogen) atoms. The Morgan fingerprint density at radius 2 is 1.89 bits per heavy atom. The number of hydrogen-bond acceptors (Lipinski definition) is 5. The van der Waals surface area contributed by atoms with E-state index in [1.165, 1.54) is 31.4 Å². The van der Waals surface area contributed by atoms with Crippen molar-refractivity contribution in [2.24, 2.45) is 0 Å². The zero-order valence-electron chi connectivity index (χ0n) is 14.6. The van der Waals surface area contributed by atoms with E-state index in [0.717, 1.165) is 5.39 Å². The fraction of sp³-hybridized carbons (Fsp3) is 0.150. The van der Waals surface area contributed by atoms with Gasteiger partial charge in [0.1, 0.15) is 11.5 Å². The minimum Gasteiger partial charge on any atom is -0.496 e. The summed E-state index contributed by atoms with van der Waals surface area (Å²) < 4.78 is 41.2. The standard InChI is InChI=1S/C20H16F2O4S/c1-24-16-5-3-4-13-10-14(26-19(13)16)7-8-15(23)12-6-9-18(27-20(21)22)17(11-12)25-2/h3-11,20H,1-2H3. The van der Waals surface area contributed by atoms with E-state index in [1.807, 2.05) is 12.1 Å². The molecule has 0 bridgehead atoms. The van der Waals surface area contributed by atoms with Crippen LogP contribution in [0.15, 0.2) is 57.9 Å². The lowest BCUT2D eigenvalue weighted by molar-refractivity contribution is 0.104. The first-order valence-corrected chi connectivity index (χ1v) is 8.81. The minimum atomic E-state index is -2.56. The molecule has 1 heterocycles. The molecule has 3 aromatic rings. The number of methoxy groups -OCH3 is 2. The third-order valence-electron chi connectivity index (χ3n) is 3.81. The van der Waals surface area contributed by atoms with Crippen LogP contribution in [-0.4, -0.2) is 25.8 Å². The van der Waals surface area contributed by atoms with Crippen molar-refractivity contribution in [2.75, 3.05) is 14.2 Å². The molecule has 0 radical (unpaired) electrons. The average molecular weight is 390 g/mol. The molecule has 0 saturated heterocycles. The second kappa shape index (κ2) is 8.26. The van der Waals surface area contributed by atoms with Gasteiger partial charge >= 0.3 is 0 Å². The van der Waals surface area contributed by atoms with Crippen LogP contribution in [0.4, 0.5) is 8.78 Å². The van der Waals surface area contributed by atoms with Gasteiger partial charge in [0.05, 0.1) is 19.1 Å². The Kier molecular flexibility index (Phi) is 5.81. The van der Waals surface area contributed by atoms with Gasteiger partial charge < -0.3 is 13.9 Å². The highest BCUT2D eigenvalue weighted by atomic mass is 32.2. The molecule has 0 unspecified atom stereocenters. The highest BCUT2D eigenvalue weighted by Crippen LogP contribution is 2.34. The van der Waals surface area contributed by atoms with E-state index < -0.39 is 5.76 Å². The molecular weight excluding hydrogens is 374 g/mol. The number of rotatable bonds is 7. The first-order chi connectivity index (χ1) is 13.0. The van der Waals surface area contributed by atoms with Gasteiger partial charge in [-0.1, -0.05) is 23.9 Å². The predicted octanol–water partition coefficient (Wildman–Crippen LogP) is 5.66. The first kappa shape index (κ1) is 19.0. The Hall–Kier alpha value is -2.80. The first-order valence-electron chi connectivity index (χ1n) is 7.93. The second-order valence-electron chi connectivity index (χ2n) is 5.47. The highest BCUT2D eigenvalue weighted by Gasteiger charge is 2.13. The summed E-state index contributed by atoms with van der Waals surface area (Å²) in [6, 6.07) is 11.7. The Balaban J connectivity index is 1.82. The number of allylic oxidation sites excluding steroid dienone is 1. The summed E-state index contributed by atoms with van der Waals surface area (Å²) in [5.74, 6) is -1.53. The number of furan rings is 1. The van der Waals surface area contributed by atoms with Crippen LogP contribution < -0.4 is 9.47 Å². The summed E-state index contributed by atoms with van der Waals surface area (Å²) in [6.07, 6.45) is 2.91. The summed E-state index contributed by atoms with van der Waals surface area (Å²) in [6.45, 7) is 0. The van der Waals surface area contributed by atoms with E-state index in [4.69, 9.17) is 13.9 Å². The molecule has 0 N–H and O–H groups in total. The number of ether oxygens (including phenoxy) is 2. The number of benzene rings is 2. The van der Waals surface area contributed by atoms with Crippen LogP contribution in [0.2, 0.25) is 0 Å². The largest absolute Gasteiger partial charge is 0.496 e. The number of thioether (sulfide) groups is 1. The van der Waals surface area contributed by atoms with E-state index >= 15 is 0 Å². The third kappa shape index (κ3) is 4.31. The molecule has 0 aliphatic carbocycles. The molecular formula is C20H16F2O4S. The van der Waals surface area contributed by atoms with Gasteiger partial charge in [0, 0.05) is 10.9 Å². The van der Waals surface area contributed by atoms with Crippen molar-refractivity contribution in [1.29, 1.82) is 0 Å². The topological polar surface area (TPSA) is 48.7 Å². The Morgan fingerprint density at radius 3 is 2.59 bits per heavy atom. The van der Waals surface area contributed by atoms with E-state index in [1.54, 1.807) is 25.3 Å². The summed E-state index contributed by atoms with van der Waals surface area (Å²) in [5.41, 5.74) is 0.928. The van der Waals surface area contributed by atoms with Crippen molar-refractivity contribution in [3.63, 3.8) is 0 Å². The van der Waals surface area contributed by atoms with Gasteiger partial charge in [-0.2, -0.15) is 8.78 Å². The van der Waals surface area contributed by atoms with Crippen LogP contribution in [0.1, 0.15) is 16.1 Å². The smallest absolute Gasteiger partial charge is 0.289 e. The van der Waals surface area contributed by atoms with Crippen LogP contribution in [-0.2, 0) is 0 Å². The zero-order chi connectivity index (χ0) is 19.4. The van der Waals surface area contributed by atoms with Crippen LogP contribution >= 0.6 is 11.8 Å². The number of alkyl halides is 2. The fourth-order valence-corrected chi connectivity index (χ4v) is 3.16. The quantitative estimate of drug-likeness (QED) is 0.296. The lowest BCUT2D eigenvalue weighted by atomic mass is 10.1. The molecule has 0 atom stereocenters. The number of ketones is 1. The van der Waals surface area contributed by atoms with Gasteiger partial charge in [0.2, 0.25) is 0 Å². The molecule has 2 aromatic carbocycles. The monoisotopic (exact) mass is 390 g/mol. The summed E-state index contributed by atoms with van der Waals surface area (Å²) in [7, 11) is 2.93. The summed E-state index contributed by atoms with van der Waals surface area (Å²) in [5, 5.41) is 0.858. The maximum absolute atomic E-state index is 12.6. The van der Waals surface area contributed by atoms with E-state index in [0.29, 0.717) is 34.4 Å². The number of carbonyl (C=O) groups is 1. The molecule has 0 aliphatic heterocycles. The number of hydrogen-bond donors (Lipinski definition) is 0. The van der Waals surface area contributed by atoms with E-state index in [-0.39, 0.29) is 16.4 Å². The van der Waals surface area contributed by atoms with Crippen molar-refractivity contribution in [3.05, 3.63) is 59.9 Å². The summed E-state index contributed by atoms with van der Waals surface area (Å²) >= 11 is 0.372. The molecule has 3 rings (SSSR count). The van der Waals surface area contributed by atoms with Gasteiger partial charge in [0.15, 0.2) is 17.1 Å². The van der Waals surface area contributed by atoms with Crippen molar-refractivity contribution in [3.8, 4) is 11.5 Å². The number of fused-ring (bicyclic) bond motifs is 1. The third-order valence-corrected chi connectivity index (χ3v) is 4.58. The maximum Gasteiger partial charge on any atom is 0.289 e. The van der Waals surface area contributed by atoms with Crippen molar-refractivity contribution in [1.82, 2.24) is 0 Å².